The molecule has 0 radical (unpaired) electrons. The largest absolute Gasteiger partial charge is 0.481 e. The fraction of sp³-hybridized carbons (Fsp3) is 0.455. The number of allylic oxidation sites excluding steroid dienone is 9. The molecule has 0 spiro atoms. The summed E-state index contributed by atoms with van der Waals surface area (Å²) in [7, 11) is -2.78. The number of unbranched alkanes of at least 4 members (excludes halogenated alkanes) is 2. The molecule has 10 heteroatoms. The van der Waals surface area contributed by atoms with E-state index in [1.165, 1.54) is 22.9 Å². The van der Waals surface area contributed by atoms with Crippen molar-refractivity contribution in [3.8, 4) is 5.75 Å². The van der Waals surface area contributed by atoms with Crippen molar-refractivity contribution in [2.75, 3.05) is 31.7 Å². The van der Waals surface area contributed by atoms with Crippen LogP contribution in [0.25, 0.3) is 11.1 Å². The Bertz CT molecular complexity index is 2090. The summed E-state index contributed by atoms with van der Waals surface area (Å²) >= 11 is 0. The Hall–Kier alpha value is -4.25. The van der Waals surface area contributed by atoms with Crippen LogP contribution in [0.4, 0.5) is 11.4 Å². The number of likely N-dealkylation sites (N-methyl/N-ethyl adjacent to an activating group) is 1. The molecule has 0 amide bonds. The third kappa shape index (κ3) is 8.51. The lowest BCUT2D eigenvalue weighted by molar-refractivity contribution is -0.438. The first-order valence-electron chi connectivity index (χ1n) is 18.9. The number of anilines is 1. The van der Waals surface area contributed by atoms with Crippen molar-refractivity contribution < 1.29 is 36.9 Å². The molecule has 0 aromatic heterocycles. The number of nitrogens with zero attached hydrogens (tertiary/aromatic N) is 2. The number of aliphatic carboxylic acids is 1. The van der Waals surface area contributed by atoms with Crippen LogP contribution in [0, 0.1) is 5.41 Å². The predicted molar refractivity (Wildman–Crippen MR) is 218 cm³/mol. The fourth-order valence-electron chi connectivity index (χ4n) is 7.96. The zero-order chi connectivity index (χ0) is 39.6. The summed E-state index contributed by atoms with van der Waals surface area (Å²) in [6.45, 7) is 19.3. The van der Waals surface area contributed by atoms with Crippen LogP contribution in [0.1, 0.15) is 104 Å². The van der Waals surface area contributed by atoms with Crippen molar-refractivity contribution in [1.29, 1.82) is 0 Å². The van der Waals surface area contributed by atoms with E-state index in [2.05, 4.69) is 101 Å². The first-order valence-corrected chi connectivity index (χ1v) is 20.3. The van der Waals surface area contributed by atoms with Crippen molar-refractivity contribution in [3.63, 3.8) is 0 Å². The Labute approximate surface area is 321 Å². The summed E-state index contributed by atoms with van der Waals surface area (Å²) in [5, 5.41) is 9.13. The van der Waals surface area contributed by atoms with Gasteiger partial charge in [-0.1, -0.05) is 51.2 Å². The molecule has 5 rings (SSSR count). The lowest BCUT2D eigenvalue weighted by Crippen LogP contribution is -2.45. The molecule has 290 valence electrons. The maximum atomic E-state index is 12.2. The van der Waals surface area contributed by atoms with E-state index < -0.39 is 21.5 Å². The summed E-state index contributed by atoms with van der Waals surface area (Å²) in [5.74, 6) is 0.930. The van der Waals surface area contributed by atoms with Gasteiger partial charge in [-0.15, -0.1) is 0 Å². The van der Waals surface area contributed by atoms with Gasteiger partial charge in [-0.25, -0.2) is 0 Å². The topological polar surface area (TPSA) is 116 Å². The minimum absolute atomic E-state index is 0.113. The molecular weight excluding hydrogens is 701 g/mol. The van der Waals surface area contributed by atoms with E-state index in [9.17, 15) is 17.8 Å². The van der Waals surface area contributed by atoms with Gasteiger partial charge < -0.3 is 19.5 Å². The van der Waals surface area contributed by atoms with Crippen LogP contribution in [0.2, 0.25) is 0 Å². The second-order valence-corrected chi connectivity index (χ2v) is 17.7. The maximum Gasteiger partial charge on any atom is 0.303 e. The van der Waals surface area contributed by atoms with E-state index in [4.69, 9.17) is 14.6 Å². The molecule has 0 fully saturated rings. The number of carboxylic acid groups (broad SMARTS) is 1. The van der Waals surface area contributed by atoms with Gasteiger partial charge in [0.1, 0.15) is 18.1 Å². The van der Waals surface area contributed by atoms with Gasteiger partial charge >= 0.3 is 5.97 Å². The monoisotopic (exact) mass is 757 g/mol. The third-order valence-corrected chi connectivity index (χ3v) is 11.6. The first kappa shape index (κ1) is 40.9. The van der Waals surface area contributed by atoms with Gasteiger partial charge in [0.2, 0.25) is 5.69 Å². The molecule has 3 heterocycles. The molecule has 2 N–H and O–H groups in total. The highest BCUT2D eigenvalue weighted by molar-refractivity contribution is 7.85. The normalized spacial score (nSPS) is 20.3. The first-order chi connectivity index (χ1) is 25.3. The van der Waals surface area contributed by atoms with Gasteiger partial charge in [0, 0.05) is 79.1 Å². The smallest absolute Gasteiger partial charge is 0.303 e. The van der Waals surface area contributed by atoms with Gasteiger partial charge in [-0.2, -0.15) is 13.0 Å². The van der Waals surface area contributed by atoms with Crippen LogP contribution in [0.3, 0.4) is 0 Å². The van der Waals surface area contributed by atoms with Gasteiger partial charge in [-0.05, 0) is 89.3 Å². The van der Waals surface area contributed by atoms with E-state index in [1.54, 1.807) is 19.2 Å². The Morgan fingerprint density at radius 3 is 2.43 bits per heavy atom. The number of fused-ring (bicyclic) bond motifs is 3. The van der Waals surface area contributed by atoms with Gasteiger partial charge in [0.25, 0.3) is 10.1 Å². The van der Waals surface area contributed by atoms with Crippen LogP contribution in [0.15, 0.2) is 83.5 Å². The quantitative estimate of drug-likeness (QED) is 0.0848. The van der Waals surface area contributed by atoms with Crippen LogP contribution in [0.5, 0.6) is 5.75 Å². The van der Waals surface area contributed by atoms with Gasteiger partial charge in [-0.3, -0.25) is 9.35 Å². The van der Waals surface area contributed by atoms with E-state index >= 15 is 0 Å². The predicted octanol–water partition coefficient (Wildman–Crippen LogP) is 9.51. The molecule has 0 saturated carbocycles. The zero-order valence-corrected chi connectivity index (χ0v) is 34.1. The molecule has 3 aliphatic heterocycles. The second-order valence-electron chi connectivity index (χ2n) is 16.3. The van der Waals surface area contributed by atoms with E-state index in [-0.39, 0.29) is 22.3 Å². The van der Waals surface area contributed by atoms with Crippen molar-refractivity contribution in [1.82, 2.24) is 0 Å². The highest BCUT2D eigenvalue weighted by atomic mass is 32.2. The third-order valence-electron chi connectivity index (χ3n) is 10.8. The van der Waals surface area contributed by atoms with Crippen molar-refractivity contribution in [3.05, 3.63) is 95.3 Å². The number of ether oxygens (including phenoxy) is 2. The lowest BCUT2D eigenvalue weighted by Gasteiger charge is -2.43. The molecule has 2 aromatic rings. The van der Waals surface area contributed by atoms with Gasteiger partial charge in [0.15, 0.2) is 5.71 Å². The number of hydrogen-bond donors (Lipinski definition) is 2. The van der Waals surface area contributed by atoms with E-state index in [0.717, 1.165) is 59.0 Å². The Morgan fingerprint density at radius 2 is 1.78 bits per heavy atom. The summed E-state index contributed by atoms with van der Waals surface area (Å²) < 4.78 is 48.6. The van der Waals surface area contributed by atoms with Crippen LogP contribution in [-0.4, -0.2) is 66.7 Å². The number of benzene rings is 2. The molecule has 54 heavy (non-hydrogen) atoms. The fourth-order valence-corrected chi connectivity index (χ4v) is 8.47. The van der Waals surface area contributed by atoms with E-state index in [0.29, 0.717) is 26.0 Å². The van der Waals surface area contributed by atoms with Crippen LogP contribution in [-0.2, 0) is 25.1 Å². The number of carboxylic acids is 1. The molecule has 0 bridgehead atoms. The molecule has 1 unspecified atom stereocenters. The summed E-state index contributed by atoms with van der Waals surface area (Å²) in [6.07, 6.45) is 17.4. The summed E-state index contributed by atoms with van der Waals surface area (Å²) in [4.78, 5) is 13.4. The van der Waals surface area contributed by atoms with Crippen LogP contribution < -0.4 is 9.64 Å². The molecule has 3 aliphatic rings. The highest BCUT2D eigenvalue weighted by Gasteiger charge is 2.48. The standard InChI is InChI=1S/C44H56N2O7S/c1-10-46-37-28-38-34(27-33(37)30(2)29-43(46,6)7)31(25-40(53-38)42(3,4)5)17-13-11-14-18-39-44(8,22-24-52-9)35-26-32(54(49,50)51)20-21-36(35)45(39)23-16-12-15-19-41(47)48/h11,13-14,17-18,20-21,25-29H,10,12,15-16,19,22-24H2,1-9H3,(H-,47,48,49,50,51)/p+1. The molecule has 0 aliphatic carbocycles. The minimum Gasteiger partial charge on any atom is -0.481 e. The van der Waals surface area contributed by atoms with Crippen molar-refractivity contribution in [2.24, 2.45) is 5.41 Å². The zero-order valence-electron chi connectivity index (χ0n) is 33.3. The minimum atomic E-state index is -4.42. The summed E-state index contributed by atoms with van der Waals surface area (Å²) in [5.41, 5.74) is 7.41. The molecule has 1 atom stereocenters. The number of hydrogen-bond acceptors (Lipinski definition) is 6. The van der Waals surface area contributed by atoms with Crippen LogP contribution >= 0.6 is 0 Å². The summed E-state index contributed by atoms with van der Waals surface area (Å²) in [6, 6.07) is 9.20. The Morgan fingerprint density at radius 1 is 1.04 bits per heavy atom. The van der Waals surface area contributed by atoms with Gasteiger partial charge in [0.05, 0.1) is 15.8 Å². The van der Waals surface area contributed by atoms with Crippen molar-refractivity contribution in [2.45, 2.75) is 103 Å². The molecule has 9 nitrogen and oxygen atoms in total. The second kappa shape index (κ2) is 15.8. The van der Waals surface area contributed by atoms with Crippen molar-refractivity contribution >= 4 is 44.3 Å². The maximum absolute atomic E-state index is 12.2. The molecular formula is C44H57N2O7S+. The Kier molecular flexibility index (Phi) is 12.0. The Balaban J connectivity index is 1.54. The molecule has 2 aromatic carbocycles. The number of carbonyl (C=O) groups is 1. The number of methoxy groups -OCH3 is 1. The average molecular weight is 758 g/mol. The number of rotatable bonds is 14. The molecule has 0 saturated heterocycles. The van der Waals surface area contributed by atoms with E-state index in [1.807, 2.05) is 18.2 Å². The lowest BCUT2D eigenvalue weighted by atomic mass is 9.76. The SMILES string of the molecule is CCN1c2cc3c(cc2C(C)=CC1(C)C)/C(=C/C=C/C=C/C1=[N+](CCCCCC(=O)O)c2ccc(S(=O)(=O)O)cc2C1(C)CCOC)C=C(C(C)(C)C)O3. The highest BCUT2D eigenvalue weighted by Crippen LogP contribution is 2.48. The average Bonchev–Trinajstić information content (AvgIpc) is 3.31.